The highest BCUT2D eigenvalue weighted by molar-refractivity contribution is 7.89. The number of nitrogens with zero attached hydrogens (tertiary/aromatic N) is 2. The van der Waals surface area contributed by atoms with Crippen LogP contribution in [-0.2, 0) is 10.0 Å². The Balaban J connectivity index is 1.63. The fourth-order valence-corrected chi connectivity index (χ4v) is 4.90. The Morgan fingerprint density at radius 1 is 1.31 bits per heavy atom. The first-order valence-corrected chi connectivity index (χ1v) is 9.85. The highest BCUT2D eigenvalue weighted by atomic mass is 32.2. The molecule has 1 aromatic carbocycles. The van der Waals surface area contributed by atoms with Crippen molar-refractivity contribution in [2.45, 2.75) is 37.6 Å². The number of sulfonamides is 1. The molecular formula is C17H21FN4O3S. The average molecular weight is 380 g/mol. The van der Waals surface area contributed by atoms with Crippen molar-refractivity contribution < 1.29 is 17.6 Å². The van der Waals surface area contributed by atoms with E-state index in [9.17, 15) is 17.6 Å². The number of rotatable bonds is 4. The zero-order chi connectivity index (χ0) is 18.9. The van der Waals surface area contributed by atoms with Crippen molar-refractivity contribution in [3.63, 3.8) is 0 Å². The molecule has 7 nitrogen and oxygen atoms in total. The van der Waals surface area contributed by atoms with Crippen molar-refractivity contribution in [3.8, 4) is 0 Å². The Labute approximate surface area is 151 Å². The number of aryl methyl sites for hydroxylation is 2. The van der Waals surface area contributed by atoms with Crippen molar-refractivity contribution in [2.24, 2.45) is 0 Å². The van der Waals surface area contributed by atoms with Crippen LogP contribution in [0.2, 0.25) is 0 Å². The van der Waals surface area contributed by atoms with Gasteiger partial charge in [-0.2, -0.15) is 5.10 Å². The first-order chi connectivity index (χ1) is 12.3. The molecule has 9 heteroatoms. The van der Waals surface area contributed by atoms with Gasteiger partial charge in [0.05, 0.1) is 11.4 Å². The normalized spacial score (nSPS) is 16.0. The Morgan fingerprint density at radius 2 is 2.00 bits per heavy atom. The zero-order valence-electron chi connectivity index (χ0n) is 14.6. The predicted molar refractivity (Wildman–Crippen MR) is 93.7 cm³/mol. The minimum Gasteiger partial charge on any atom is -0.339 e. The van der Waals surface area contributed by atoms with Crippen molar-refractivity contribution in [1.29, 1.82) is 0 Å². The Hall–Kier alpha value is -2.26. The minimum absolute atomic E-state index is 0.177. The standard InChI is InChI=1S/C17H21FN4O3S/c1-11-16(12(2)20-19-11)26(24,25)21-15-6-8-22(9-7-15)17(23)13-4-3-5-14(18)10-13/h3-5,10,15,21H,6-9H2,1-2H3,(H,19,20). The number of carbonyl (C=O) groups excluding carboxylic acids is 1. The Bertz CT molecular complexity index is 898. The molecule has 1 aliphatic rings. The highest BCUT2D eigenvalue weighted by Gasteiger charge is 2.29. The van der Waals surface area contributed by atoms with Gasteiger partial charge in [-0.1, -0.05) is 6.07 Å². The van der Waals surface area contributed by atoms with Gasteiger partial charge in [-0.25, -0.2) is 17.5 Å². The number of likely N-dealkylation sites (tertiary alicyclic amines) is 1. The summed E-state index contributed by atoms with van der Waals surface area (Å²) in [7, 11) is -3.67. The van der Waals surface area contributed by atoms with Crippen molar-refractivity contribution >= 4 is 15.9 Å². The second-order valence-corrected chi connectivity index (χ2v) is 8.11. The zero-order valence-corrected chi connectivity index (χ0v) is 15.4. The van der Waals surface area contributed by atoms with E-state index >= 15 is 0 Å². The van der Waals surface area contributed by atoms with Crippen LogP contribution in [-0.4, -0.2) is 48.6 Å². The van der Waals surface area contributed by atoms with Crippen LogP contribution in [0.5, 0.6) is 0 Å². The van der Waals surface area contributed by atoms with Gasteiger partial charge >= 0.3 is 0 Å². The van der Waals surface area contributed by atoms with Gasteiger partial charge in [0.25, 0.3) is 5.91 Å². The van der Waals surface area contributed by atoms with E-state index in [4.69, 9.17) is 0 Å². The molecular weight excluding hydrogens is 359 g/mol. The van der Waals surface area contributed by atoms with Crippen LogP contribution in [0.3, 0.4) is 0 Å². The fraction of sp³-hybridized carbons (Fsp3) is 0.412. The van der Waals surface area contributed by atoms with Crippen LogP contribution in [0.4, 0.5) is 4.39 Å². The molecule has 0 bridgehead atoms. The third kappa shape index (κ3) is 3.78. The average Bonchev–Trinajstić information content (AvgIpc) is 2.94. The maximum atomic E-state index is 13.3. The van der Waals surface area contributed by atoms with Crippen molar-refractivity contribution in [1.82, 2.24) is 19.8 Å². The number of nitrogens with one attached hydrogen (secondary N) is 2. The van der Waals surface area contributed by atoms with Gasteiger partial charge in [0.1, 0.15) is 10.7 Å². The fourth-order valence-electron chi connectivity index (χ4n) is 3.22. The number of amides is 1. The summed E-state index contributed by atoms with van der Waals surface area (Å²) in [6.45, 7) is 4.12. The molecule has 0 unspecified atom stereocenters. The van der Waals surface area contributed by atoms with Crippen LogP contribution >= 0.6 is 0 Å². The summed E-state index contributed by atoms with van der Waals surface area (Å²) in [6, 6.07) is 5.31. The molecule has 2 heterocycles. The number of halogens is 1. The van der Waals surface area contributed by atoms with E-state index in [1.54, 1.807) is 24.8 Å². The van der Waals surface area contributed by atoms with Gasteiger partial charge in [0, 0.05) is 24.7 Å². The van der Waals surface area contributed by atoms with Gasteiger partial charge in [-0.15, -0.1) is 0 Å². The summed E-state index contributed by atoms with van der Waals surface area (Å²) < 4.78 is 41.2. The number of benzene rings is 1. The third-order valence-electron chi connectivity index (χ3n) is 4.50. The molecule has 2 N–H and O–H groups in total. The maximum Gasteiger partial charge on any atom is 0.253 e. The summed E-state index contributed by atoms with van der Waals surface area (Å²) in [4.78, 5) is 14.2. The number of carbonyl (C=O) groups is 1. The lowest BCUT2D eigenvalue weighted by molar-refractivity contribution is 0.0711. The van der Waals surface area contributed by atoms with Gasteiger partial charge in [-0.3, -0.25) is 9.89 Å². The minimum atomic E-state index is -3.67. The molecule has 0 saturated carbocycles. The van der Waals surface area contributed by atoms with E-state index in [-0.39, 0.29) is 16.8 Å². The first kappa shape index (κ1) is 18.5. The van der Waals surface area contributed by atoms with Gasteiger partial charge in [0.15, 0.2) is 0 Å². The lowest BCUT2D eigenvalue weighted by Crippen LogP contribution is -2.46. The van der Waals surface area contributed by atoms with Crippen LogP contribution < -0.4 is 4.72 Å². The highest BCUT2D eigenvalue weighted by Crippen LogP contribution is 2.20. The molecule has 0 radical (unpaired) electrons. The van der Waals surface area contributed by atoms with Crippen LogP contribution in [0.1, 0.15) is 34.6 Å². The molecule has 3 rings (SSSR count). The van der Waals surface area contributed by atoms with Gasteiger partial charge in [-0.05, 0) is 44.9 Å². The summed E-state index contributed by atoms with van der Waals surface area (Å²) in [5, 5.41) is 6.60. The molecule has 1 saturated heterocycles. The van der Waals surface area contributed by atoms with Gasteiger partial charge < -0.3 is 4.90 Å². The van der Waals surface area contributed by atoms with Crippen LogP contribution in [0.15, 0.2) is 29.2 Å². The predicted octanol–water partition coefficient (Wildman–Crippen LogP) is 1.75. The van der Waals surface area contributed by atoms with Gasteiger partial charge in [0.2, 0.25) is 10.0 Å². The summed E-state index contributed by atoms with van der Waals surface area (Å²) in [5.74, 6) is -0.698. The summed E-state index contributed by atoms with van der Waals surface area (Å²) >= 11 is 0. The number of aromatic amines is 1. The molecule has 0 spiro atoms. The van der Waals surface area contributed by atoms with Crippen molar-refractivity contribution in [2.75, 3.05) is 13.1 Å². The lowest BCUT2D eigenvalue weighted by atomic mass is 10.0. The monoisotopic (exact) mass is 380 g/mol. The molecule has 1 aromatic heterocycles. The molecule has 1 fully saturated rings. The molecule has 2 aromatic rings. The number of aromatic nitrogens is 2. The Kier molecular flexibility index (Phi) is 5.10. The first-order valence-electron chi connectivity index (χ1n) is 8.36. The molecule has 0 aliphatic carbocycles. The van der Waals surface area contributed by atoms with E-state index in [1.807, 2.05) is 0 Å². The number of hydrogen-bond acceptors (Lipinski definition) is 4. The molecule has 1 amide bonds. The lowest BCUT2D eigenvalue weighted by Gasteiger charge is -2.32. The van der Waals surface area contributed by atoms with E-state index in [2.05, 4.69) is 14.9 Å². The quantitative estimate of drug-likeness (QED) is 0.845. The maximum absolute atomic E-state index is 13.3. The third-order valence-corrected chi connectivity index (χ3v) is 6.29. The molecule has 26 heavy (non-hydrogen) atoms. The largest absolute Gasteiger partial charge is 0.339 e. The number of H-pyrrole nitrogens is 1. The van der Waals surface area contributed by atoms with E-state index in [0.29, 0.717) is 42.9 Å². The van der Waals surface area contributed by atoms with Crippen molar-refractivity contribution in [3.05, 3.63) is 47.0 Å². The van der Waals surface area contributed by atoms with E-state index in [1.165, 1.54) is 18.2 Å². The number of piperidine rings is 1. The number of hydrogen-bond donors (Lipinski definition) is 2. The molecule has 1 aliphatic heterocycles. The summed E-state index contributed by atoms with van der Waals surface area (Å²) in [5.41, 5.74) is 1.22. The smallest absolute Gasteiger partial charge is 0.253 e. The second kappa shape index (κ2) is 7.16. The van der Waals surface area contributed by atoms with Crippen LogP contribution in [0.25, 0.3) is 0 Å². The Morgan fingerprint density at radius 3 is 2.58 bits per heavy atom. The summed E-state index contributed by atoms with van der Waals surface area (Å²) in [6.07, 6.45) is 0.993. The molecule has 140 valence electrons. The second-order valence-electron chi connectivity index (χ2n) is 6.46. The topological polar surface area (TPSA) is 95.2 Å². The van der Waals surface area contributed by atoms with Crippen LogP contribution in [0, 0.1) is 19.7 Å². The van der Waals surface area contributed by atoms with E-state index in [0.717, 1.165) is 0 Å². The van der Waals surface area contributed by atoms with E-state index < -0.39 is 15.8 Å². The molecule has 0 atom stereocenters. The SMILES string of the molecule is Cc1n[nH]c(C)c1S(=O)(=O)NC1CCN(C(=O)c2cccc(F)c2)CC1.